The van der Waals surface area contributed by atoms with E-state index >= 15 is 0 Å². The van der Waals surface area contributed by atoms with Crippen LogP contribution in [0, 0.1) is 0 Å². The summed E-state index contributed by atoms with van der Waals surface area (Å²) in [4.78, 5) is 40.9. The fraction of sp³-hybridized carbons (Fsp3) is 0.375. The minimum atomic E-state index is -1.19. The molecule has 1 heterocycles. The first kappa shape index (κ1) is 22.3. The molecule has 8 heteroatoms. The van der Waals surface area contributed by atoms with Gasteiger partial charge in [0.2, 0.25) is 0 Å². The van der Waals surface area contributed by atoms with Crippen molar-refractivity contribution in [2.75, 3.05) is 6.54 Å². The number of benzene rings is 2. The zero-order valence-corrected chi connectivity index (χ0v) is 18.9. The Kier molecular flexibility index (Phi) is 6.22. The van der Waals surface area contributed by atoms with Gasteiger partial charge in [-0.3, -0.25) is 19.9 Å². The third-order valence-corrected chi connectivity index (χ3v) is 6.66. The molecule has 0 bridgehead atoms. The molecule has 0 aromatic heterocycles. The number of nitrogens with one attached hydrogen (secondary N) is 2. The molecule has 1 aliphatic heterocycles. The van der Waals surface area contributed by atoms with Crippen LogP contribution in [0.1, 0.15) is 50.3 Å². The number of hydrogen-bond acceptors (Lipinski definition) is 4. The molecule has 2 N–H and O–H groups in total. The summed E-state index contributed by atoms with van der Waals surface area (Å²) < 4.78 is 0. The molecular formula is C24H27ClN4O3. The van der Waals surface area contributed by atoms with Gasteiger partial charge in [-0.15, -0.1) is 0 Å². The third-order valence-electron chi connectivity index (χ3n) is 6.32. The van der Waals surface area contributed by atoms with E-state index in [2.05, 4.69) is 15.6 Å². The molecule has 0 radical (unpaired) electrons. The molecule has 1 saturated carbocycles. The lowest BCUT2D eigenvalue weighted by atomic mass is 9.87. The summed E-state index contributed by atoms with van der Waals surface area (Å²) in [5, 5.41) is 4.23. The van der Waals surface area contributed by atoms with Gasteiger partial charge in [-0.05, 0) is 43.4 Å². The molecule has 2 aromatic rings. The highest BCUT2D eigenvalue weighted by Gasteiger charge is 2.52. The molecule has 4 rings (SSSR count). The molecule has 2 unspecified atom stereocenters. The molecule has 1 saturated heterocycles. The Morgan fingerprint density at radius 3 is 2.47 bits per heavy atom. The monoisotopic (exact) mass is 454 g/mol. The third kappa shape index (κ3) is 4.10. The largest absolute Gasteiger partial charge is 0.344 e. The molecule has 2 atom stereocenters. The lowest BCUT2D eigenvalue weighted by molar-refractivity contribution is -0.140. The number of rotatable bonds is 8. The Morgan fingerprint density at radius 2 is 1.84 bits per heavy atom. The Bertz CT molecular complexity index is 1030. The van der Waals surface area contributed by atoms with Gasteiger partial charge in [0.15, 0.2) is 0 Å². The number of carbonyl (C=O) groups is 3. The van der Waals surface area contributed by atoms with Crippen molar-refractivity contribution in [3.05, 3.63) is 70.7 Å². The first-order valence-electron chi connectivity index (χ1n) is 10.9. The number of halogens is 1. The van der Waals surface area contributed by atoms with Gasteiger partial charge in [0, 0.05) is 17.1 Å². The lowest BCUT2D eigenvalue weighted by Crippen LogP contribution is -2.51. The van der Waals surface area contributed by atoms with Gasteiger partial charge in [0.1, 0.15) is 5.54 Å². The Hall–Kier alpha value is -2.90. The van der Waals surface area contributed by atoms with Gasteiger partial charge in [-0.2, -0.15) is 5.01 Å². The number of urea groups is 1. The minimum absolute atomic E-state index is 0.0541. The van der Waals surface area contributed by atoms with Crippen molar-refractivity contribution in [1.82, 2.24) is 20.7 Å². The Labute approximate surface area is 192 Å². The van der Waals surface area contributed by atoms with E-state index in [0.29, 0.717) is 17.0 Å². The molecule has 2 aliphatic rings. The van der Waals surface area contributed by atoms with Crippen molar-refractivity contribution < 1.29 is 14.4 Å². The van der Waals surface area contributed by atoms with Crippen molar-refractivity contribution in [2.45, 2.75) is 50.7 Å². The van der Waals surface area contributed by atoms with Crippen LogP contribution in [0.25, 0.3) is 0 Å². The van der Waals surface area contributed by atoms with Crippen molar-refractivity contribution in [1.29, 1.82) is 0 Å². The summed E-state index contributed by atoms with van der Waals surface area (Å²) in [5.41, 5.74) is 2.97. The number of hydrogen-bond donors (Lipinski definition) is 2. The van der Waals surface area contributed by atoms with Crippen LogP contribution in [-0.4, -0.2) is 40.3 Å². The zero-order valence-electron chi connectivity index (χ0n) is 18.2. The van der Waals surface area contributed by atoms with E-state index < -0.39 is 23.4 Å². The second-order valence-electron chi connectivity index (χ2n) is 8.33. The van der Waals surface area contributed by atoms with E-state index in [-0.39, 0.29) is 18.6 Å². The van der Waals surface area contributed by atoms with Crippen LogP contribution in [0.5, 0.6) is 0 Å². The fourth-order valence-corrected chi connectivity index (χ4v) is 4.64. The van der Waals surface area contributed by atoms with Crippen LogP contribution in [0.4, 0.5) is 4.79 Å². The van der Waals surface area contributed by atoms with Gasteiger partial charge in [-0.1, -0.05) is 67.1 Å². The molecule has 1 aliphatic carbocycles. The maximum atomic E-state index is 13.2. The molecular weight excluding hydrogens is 428 g/mol. The zero-order chi connectivity index (χ0) is 22.9. The maximum Gasteiger partial charge on any atom is 0.344 e. The summed E-state index contributed by atoms with van der Waals surface area (Å²) >= 11 is 6.37. The average molecular weight is 455 g/mol. The van der Waals surface area contributed by atoms with Crippen LogP contribution >= 0.6 is 11.6 Å². The van der Waals surface area contributed by atoms with Crippen LogP contribution in [0.15, 0.2) is 54.6 Å². The van der Waals surface area contributed by atoms with Gasteiger partial charge in [0.05, 0.1) is 6.54 Å². The van der Waals surface area contributed by atoms with Crippen molar-refractivity contribution in [3.8, 4) is 0 Å². The van der Waals surface area contributed by atoms with E-state index in [0.717, 1.165) is 23.4 Å². The average Bonchev–Trinajstić information content (AvgIpc) is 3.61. The summed E-state index contributed by atoms with van der Waals surface area (Å²) in [5.74, 6) is -0.902. The van der Waals surface area contributed by atoms with Crippen LogP contribution < -0.4 is 10.7 Å². The van der Waals surface area contributed by atoms with E-state index in [9.17, 15) is 14.4 Å². The second kappa shape index (κ2) is 8.92. The number of hydrazine groups is 1. The van der Waals surface area contributed by atoms with Crippen LogP contribution in [0.2, 0.25) is 5.02 Å². The normalized spacial score (nSPS) is 21.6. The second-order valence-corrected chi connectivity index (χ2v) is 8.74. The molecule has 32 heavy (non-hydrogen) atoms. The summed E-state index contributed by atoms with van der Waals surface area (Å²) in [7, 11) is 0. The van der Waals surface area contributed by atoms with E-state index in [1.54, 1.807) is 12.1 Å². The highest BCUT2D eigenvalue weighted by Crippen LogP contribution is 2.36. The summed E-state index contributed by atoms with van der Waals surface area (Å²) in [6.07, 6.45) is 2.36. The predicted octanol–water partition coefficient (Wildman–Crippen LogP) is 3.75. The number of nitrogens with zero attached hydrogens (tertiary/aromatic N) is 2. The standard InChI is InChI=1S/C24H27ClN4O3/c1-3-24(17-9-5-4-6-10-17)22(31)29(23(32)26-24)27-21(30)15-28(18-13-14-18)16(2)19-11-7-8-12-20(19)25/h4-12,16,18H,3,13-15H2,1-2H3,(H,26,32)(H,27,30). The van der Waals surface area contributed by atoms with Crippen LogP contribution in [0.3, 0.4) is 0 Å². The van der Waals surface area contributed by atoms with Crippen LogP contribution in [-0.2, 0) is 15.1 Å². The first-order chi connectivity index (χ1) is 15.4. The lowest BCUT2D eigenvalue weighted by Gasteiger charge is -2.30. The fourth-order valence-electron chi connectivity index (χ4n) is 4.35. The number of carbonyl (C=O) groups excluding carboxylic acids is 3. The molecule has 2 aromatic carbocycles. The smallest absolute Gasteiger partial charge is 0.318 e. The molecule has 0 spiro atoms. The minimum Gasteiger partial charge on any atom is -0.318 e. The van der Waals surface area contributed by atoms with Gasteiger partial charge in [0.25, 0.3) is 11.8 Å². The molecule has 2 fully saturated rings. The quantitative estimate of drug-likeness (QED) is 0.595. The van der Waals surface area contributed by atoms with Crippen molar-refractivity contribution in [2.24, 2.45) is 0 Å². The molecule has 4 amide bonds. The van der Waals surface area contributed by atoms with Crippen molar-refractivity contribution >= 4 is 29.4 Å². The molecule has 168 valence electrons. The molecule has 7 nitrogen and oxygen atoms in total. The number of imide groups is 1. The van der Waals surface area contributed by atoms with E-state index in [1.165, 1.54) is 0 Å². The summed E-state index contributed by atoms with van der Waals surface area (Å²) in [6, 6.07) is 16.2. The first-order valence-corrected chi connectivity index (χ1v) is 11.3. The SMILES string of the molecule is CCC1(c2ccccc2)NC(=O)N(NC(=O)CN(C2CC2)C(C)c2ccccc2Cl)C1=O. The highest BCUT2D eigenvalue weighted by atomic mass is 35.5. The van der Waals surface area contributed by atoms with E-state index in [1.807, 2.05) is 56.3 Å². The maximum absolute atomic E-state index is 13.2. The van der Waals surface area contributed by atoms with E-state index in [4.69, 9.17) is 11.6 Å². The van der Waals surface area contributed by atoms with Gasteiger partial charge in [-0.25, -0.2) is 4.79 Å². The van der Waals surface area contributed by atoms with Gasteiger partial charge < -0.3 is 5.32 Å². The topological polar surface area (TPSA) is 81.8 Å². The Morgan fingerprint density at radius 1 is 1.19 bits per heavy atom. The summed E-state index contributed by atoms with van der Waals surface area (Å²) in [6.45, 7) is 3.90. The highest BCUT2D eigenvalue weighted by molar-refractivity contribution is 6.31. The number of amides is 4. The predicted molar refractivity (Wildman–Crippen MR) is 122 cm³/mol. The Balaban J connectivity index is 1.49. The van der Waals surface area contributed by atoms with Gasteiger partial charge >= 0.3 is 6.03 Å². The van der Waals surface area contributed by atoms with Crippen molar-refractivity contribution in [3.63, 3.8) is 0 Å².